The summed E-state index contributed by atoms with van der Waals surface area (Å²) in [5, 5.41) is 31.7. The van der Waals surface area contributed by atoms with Crippen molar-refractivity contribution in [3.05, 3.63) is 77.9 Å². The van der Waals surface area contributed by atoms with Crippen molar-refractivity contribution in [2.45, 2.75) is 57.0 Å². The minimum absolute atomic E-state index is 0.0519. The molecule has 194 valence electrons. The molecule has 6 rings (SSSR count). The maximum absolute atomic E-state index is 10.8. The third-order valence-electron chi connectivity index (χ3n) is 10.2. The van der Waals surface area contributed by atoms with Crippen molar-refractivity contribution in [2.75, 3.05) is 23.9 Å². The third kappa shape index (κ3) is 3.65. The number of phenolic OH excluding ortho intramolecular Hbond substituents is 3. The summed E-state index contributed by atoms with van der Waals surface area (Å²) >= 11 is 0. The summed E-state index contributed by atoms with van der Waals surface area (Å²) in [5.74, 6) is 2.51. The maximum atomic E-state index is 10.8. The molecule has 0 bridgehead atoms. The molecule has 3 aromatic rings. The molecule has 3 aliphatic carbocycles. The first-order chi connectivity index (χ1) is 17.8. The lowest BCUT2D eigenvalue weighted by Crippen LogP contribution is -2.61. The molecule has 5 nitrogen and oxygen atoms in total. The summed E-state index contributed by atoms with van der Waals surface area (Å²) in [6.07, 6.45) is 5.37. The SMILES string of the molecule is CN(c1ccccc1O)[C@H]1CC[C@H]2[C@@H]3CCc4cc(O)ccc4[C@H]3C[C@@H](N(C)c3ccccc3O)[C@]12C. The molecule has 2 fully saturated rings. The van der Waals surface area contributed by atoms with E-state index < -0.39 is 0 Å². The van der Waals surface area contributed by atoms with Crippen molar-refractivity contribution in [3.8, 4) is 17.2 Å². The number of aryl methyl sites for hydroxylation is 1. The molecule has 0 heterocycles. The van der Waals surface area contributed by atoms with Crippen molar-refractivity contribution in [1.29, 1.82) is 0 Å². The highest BCUT2D eigenvalue weighted by Crippen LogP contribution is 2.63. The van der Waals surface area contributed by atoms with E-state index >= 15 is 0 Å². The molecule has 0 amide bonds. The number of nitrogens with zero attached hydrogens (tertiary/aromatic N) is 2. The van der Waals surface area contributed by atoms with E-state index in [1.807, 2.05) is 48.5 Å². The van der Waals surface area contributed by atoms with Gasteiger partial charge in [0.1, 0.15) is 17.2 Å². The van der Waals surface area contributed by atoms with Crippen molar-refractivity contribution in [1.82, 2.24) is 0 Å². The summed E-state index contributed by atoms with van der Waals surface area (Å²) < 4.78 is 0. The predicted octanol–water partition coefficient (Wildman–Crippen LogP) is 6.28. The lowest BCUT2D eigenvalue weighted by Gasteiger charge is -2.58. The van der Waals surface area contributed by atoms with Crippen molar-refractivity contribution in [2.24, 2.45) is 17.3 Å². The first kappa shape index (κ1) is 24.0. The van der Waals surface area contributed by atoms with Gasteiger partial charge in [0.05, 0.1) is 11.4 Å². The largest absolute Gasteiger partial charge is 0.508 e. The number of benzene rings is 3. The number of aromatic hydroxyl groups is 3. The van der Waals surface area contributed by atoms with Crippen LogP contribution in [0.25, 0.3) is 0 Å². The molecule has 0 aliphatic heterocycles. The number of hydrogen-bond acceptors (Lipinski definition) is 5. The second-order valence-electron chi connectivity index (χ2n) is 11.7. The quantitative estimate of drug-likeness (QED) is 0.395. The maximum Gasteiger partial charge on any atom is 0.138 e. The van der Waals surface area contributed by atoms with Gasteiger partial charge in [-0.1, -0.05) is 37.3 Å². The fraction of sp³-hybridized carbons (Fsp3) is 0.438. The van der Waals surface area contributed by atoms with Crippen LogP contribution in [-0.2, 0) is 6.42 Å². The standard InChI is InChI=1S/C32H38N2O3/c1-32-25(16-17-30(32)33(2)26-8-4-6-10-28(26)36)23-14-12-20-18-21(35)13-15-22(20)24(23)19-31(32)34(3)27-9-5-7-11-29(27)37/h4-11,13,15,18,23-25,30-31,35-37H,12,14,16-17,19H2,1-3H3/t23-,24-,25+,30+,31-,32+/m1/s1. The van der Waals surface area contributed by atoms with Gasteiger partial charge in [0.25, 0.3) is 0 Å². The van der Waals surface area contributed by atoms with Crippen molar-refractivity contribution in [3.63, 3.8) is 0 Å². The molecule has 3 N–H and O–H groups in total. The second kappa shape index (κ2) is 8.90. The topological polar surface area (TPSA) is 67.2 Å². The zero-order valence-corrected chi connectivity index (χ0v) is 22.0. The van der Waals surface area contributed by atoms with Gasteiger partial charge in [-0.25, -0.2) is 0 Å². The Balaban J connectivity index is 1.46. The van der Waals surface area contributed by atoms with Gasteiger partial charge < -0.3 is 25.1 Å². The zero-order valence-electron chi connectivity index (χ0n) is 22.0. The van der Waals surface area contributed by atoms with Crippen LogP contribution in [0.3, 0.4) is 0 Å². The molecule has 0 aromatic heterocycles. The molecular formula is C32H38N2O3. The summed E-state index contributed by atoms with van der Waals surface area (Å²) in [6, 6.07) is 21.7. The average molecular weight is 499 g/mol. The number of anilines is 2. The molecule has 0 saturated heterocycles. The molecule has 0 radical (unpaired) electrons. The first-order valence-electron chi connectivity index (χ1n) is 13.6. The molecule has 6 atom stereocenters. The van der Waals surface area contributed by atoms with Gasteiger partial charge in [-0.05, 0) is 97.4 Å². The molecule has 3 aliphatic rings. The van der Waals surface area contributed by atoms with Crippen molar-refractivity contribution >= 4 is 11.4 Å². The van der Waals surface area contributed by atoms with E-state index in [1.54, 1.807) is 12.1 Å². The lowest BCUT2D eigenvalue weighted by molar-refractivity contribution is 0.0256. The Hall–Kier alpha value is -3.34. The average Bonchev–Trinajstić information content (AvgIpc) is 3.25. The van der Waals surface area contributed by atoms with Crippen LogP contribution in [0.5, 0.6) is 17.2 Å². The molecule has 37 heavy (non-hydrogen) atoms. The fourth-order valence-electron chi connectivity index (χ4n) is 8.60. The molecule has 2 saturated carbocycles. The van der Waals surface area contributed by atoms with Gasteiger partial charge >= 0.3 is 0 Å². The lowest BCUT2D eigenvalue weighted by atomic mass is 9.52. The normalized spacial score (nSPS) is 30.2. The highest BCUT2D eigenvalue weighted by atomic mass is 16.3. The van der Waals surface area contributed by atoms with Gasteiger partial charge in [-0.3, -0.25) is 0 Å². The summed E-state index contributed by atoms with van der Waals surface area (Å²) in [5.41, 5.74) is 4.37. The van der Waals surface area contributed by atoms with Gasteiger partial charge in [-0.2, -0.15) is 0 Å². The predicted molar refractivity (Wildman–Crippen MR) is 149 cm³/mol. The fourth-order valence-corrected chi connectivity index (χ4v) is 8.60. The van der Waals surface area contributed by atoms with Crippen LogP contribution in [0.15, 0.2) is 66.7 Å². The van der Waals surface area contributed by atoms with Crippen LogP contribution < -0.4 is 9.80 Å². The van der Waals surface area contributed by atoms with Gasteiger partial charge in [-0.15, -0.1) is 0 Å². The van der Waals surface area contributed by atoms with Crippen LogP contribution in [0, 0.1) is 17.3 Å². The molecule has 0 unspecified atom stereocenters. The van der Waals surface area contributed by atoms with E-state index in [9.17, 15) is 15.3 Å². The minimum Gasteiger partial charge on any atom is -0.508 e. The van der Waals surface area contributed by atoms with Gasteiger partial charge in [0, 0.05) is 31.6 Å². The summed E-state index contributed by atoms with van der Waals surface area (Å²) in [6.45, 7) is 2.47. The Morgan fingerprint density at radius 3 is 2.03 bits per heavy atom. The van der Waals surface area contributed by atoms with Crippen LogP contribution in [0.1, 0.15) is 49.7 Å². The highest BCUT2D eigenvalue weighted by molar-refractivity contribution is 5.61. The van der Waals surface area contributed by atoms with E-state index in [-0.39, 0.29) is 17.5 Å². The third-order valence-corrected chi connectivity index (χ3v) is 10.2. The molecule has 3 aromatic carbocycles. The Kier molecular flexibility index (Phi) is 5.78. The van der Waals surface area contributed by atoms with Crippen LogP contribution in [-0.4, -0.2) is 41.5 Å². The molecular weight excluding hydrogens is 460 g/mol. The van der Waals surface area contributed by atoms with E-state index in [1.165, 1.54) is 11.1 Å². The smallest absolute Gasteiger partial charge is 0.138 e. The van der Waals surface area contributed by atoms with E-state index in [0.717, 1.165) is 43.5 Å². The van der Waals surface area contributed by atoms with Crippen LogP contribution in [0.4, 0.5) is 11.4 Å². The number of para-hydroxylation sites is 4. The number of phenols is 3. The van der Waals surface area contributed by atoms with Gasteiger partial charge in [0.2, 0.25) is 0 Å². The summed E-state index contributed by atoms with van der Waals surface area (Å²) in [4.78, 5) is 4.64. The van der Waals surface area contributed by atoms with Crippen LogP contribution >= 0.6 is 0 Å². The Bertz CT molecular complexity index is 1310. The van der Waals surface area contributed by atoms with E-state index in [2.05, 4.69) is 36.9 Å². The number of fused-ring (bicyclic) bond motifs is 5. The molecule has 0 spiro atoms. The van der Waals surface area contributed by atoms with Crippen molar-refractivity contribution < 1.29 is 15.3 Å². The monoisotopic (exact) mass is 498 g/mol. The van der Waals surface area contributed by atoms with Crippen LogP contribution in [0.2, 0.25) is 0 Å². The zero-order chi connectivity index (χ0) is 25.9. The number of rotatable bonds is 4. The minimum atomic E-state index is -0.0519. The highest BCUT2D eigenvalue weighted by Gasteiger charge is 2.61. The Morgan fingerprint density at radius 2 is 1.38 bits per heavy atom. The Labute approximate surface area is 220 Å². The van der Waals surface area contributed by atoms with E-state index in [0.29, 0.717) is 35.0 Å². The second-order valence-corrected chi connectivity index (χ2v) is 11.7. The van der Waals surface area contributed by atoms with Gasteiger partial charge in [0.15, 0.2) is 0 Å². The summed E-state index contributed by atoms with van der Waals surface area (Å²) in [7, 11) is 4.27. The van der Waals surface area contributed by atoms with E-state index in [4.69, 9.17) is 0 Å². The Morgan fingerprint density at radius 1 is 0.757 bits per heavy atom. The number of hydrogen-bond donors (Lipinski definition) is 3. The first-order valence-corrected chi connectivity index (χ1v) is 13.6. The molecule has 5 heteroatoms.